The number of aliphatic hydroxyl groups excluding tert-OH is 1. The molecule has 0 spiro atoms. The van der Waals surface area contributed by atoms with E-state index in [-0.39, 0.29) is 22.9 Å². The third-order valence-electron chi connectivity index (χ3n) is 3.99. The van der Waals surface area contributed by atoms with Gasteiger partial charge in [0.15, 0.2) is 5.76 Å². The lowest BCUT2D eigenvalue weighted by Crippen LogP contribution is -2.20. The number of fused-ring (bicyclic) bond motifs is 1. The lowest BCUT2D eigenvalue weighted by Gasteiger charge is -2.15. The Kier molecular flexibility index (Phi) is 3.50. The van der Waals surface area contributed by atoms with Crippen LogP contribution in [0.5, 0.6) is 0 Å². The van der Waals surface area contributed by atoms with E-state index < -0.39 is 6.10 Å². The van der Waals surface area contributed by atoms with E-state index in [2.05, 4.69) is 0 Å². The SMILES string of the molecule is COC1=CC(=O)c2c(c(C(O)c3cccs3)c(C)n2C)C1=O. The Morgan fingerprint density at radius 3 is 2.68 bits per heavy atom. The van der Waals surface area contributed by atoms with Gasteiger partial charge in [0.25, 0.3) is 0 Å². The summed E-state index contributed by atoms with van der Waals surface area (Å²) in [5, 5.41) is 12.5. The van der Waals surface area contributed by atoms with Crippen LogP contribution >= 0.6 is 11.3 Å². The van der Waals surface area contributed by atoms with E-state index in [9.17, 15) is 14.7 Å². The first kappa shape index (κ1) is 14.7. The average Bonchev–Trinajstić information content (AvgIpc) is 3.11. The zero-order valence-corrected chi connectivity index (χ0v) is 13.2. The van der Waals surface area contributed by atoms with Crippen molar-refractivity contribution in [2.75, 3.05) is 7.11 Å². The minimum absolute atomic E-state index is 0.00253. The van der Waals surface area contributed by atoms with E-state index in [1.54, 1.807) is 24.6 Å². The standard InChI is InChI=1S/C16H15NO4S/c1-8-12(16(20)11-5-4-6-22-11)13-14(17(8)2)9(18)7-10(21-3)15(13)19/h4-7,16,20H,1-3H3. The molecule has 114 valence electrons. The van der Waals surface area contributed by atoms with E-state index in [1.807, 2.05) is 11.4 Å². The topological polar surface area (TPSA) is 68.5 Å². The minimum Gasteiger partial charge on any atom is -0.492 e. The second-order valence-corrected chi connectivity index (χ2v) is 6.09. The number of hydrogen-bond acceptors (Lipinski definition) is 5. The van der Waals surface area contributed by atoms with Crippen LogP contribution in [-0.4, -0.2) is 28.3 Å². The molecule has 1 aliphatic rings. The lowest BCUT2D eigenvalue weighted by atomic mass is 9.93. The van der Waals surface area contributed by atoms with E-state index in [0.717, 1.165) is 4.88 Å². The van der Waals surface area contributed by atoms with Gasteiger partial charge in [-0.2, -0.15) is 0 Å². The molecular formula is C16H15NO4S. The number of carbonyl (C=O) groups is 2. The van der Waals surface area contributed by atoms with Crippen LogP contribution in [0.15, 0.2) is 29.3 Å². The zero-order valence-electron chi connectivity index (χ0n) is 12.4. The van der Waals surface area contributed by atoms with Crippen molar-refractivity contribution in [2.24, 2.45) is 7.05 Å². The highest BCUT2D eigenvalue weighted by Gasteiger charge is 2.36. The fourth-order valence-electron chi connectivity index (χ4n) is 2.79. The highest BCUT2D eigenvalue weighted by molar-refractivity contribution is 7.10. The molecule has 0 amide bonds. The van der Waals surface area contributed by atoms with Crippen LogP contribution in [-0.2, 0) is 11.8 Å². The molecule has 1 N–H and O–H groups in total. The molecule has 0 aromatic carbocycles. The summed E-state index contributed by atoms with van der Waals surface area (Å²) in [6.07, 6.45) is 0.258. The van der Waals surface area contributed by atoms with Crippen molar-refractivity contribution in [2.45, 2.75) is 13.0 Å². The summed E-state index contributed by atoms with van der Waals surface area (Å²) in [6.45, 7) is 1.79. The Balaban J connectivity index is 2.25. The Morgan fingerprint density at radius 1 is 1.36 bits per heavy atom. The Labute approximate surface area is 131 Å². The molecule has 2 aromatic heterocycles. The molecule has 0 fully saturated rings. The molecule has 1 atom stereocenters. The molecule has 0 saturated carbocycles. The van der Waals surface area contributed by atoms with Crippen LogP contribution < -0.4 is 0 Å². The van der Waals surface area contributed by atoms with Gasteiger partial charge in [0.05, 0.1) is 12.7 Å². The molecule has 0 saturated heterocycles. The molecule has 6 heteroatoms. The van der Waals surface area contributed by atoms with Gasteiger partial charge in [0, 0.05) is 29.3 Å². The predicted octanol–water partition coefficient (Wildman–Crippen LogP) is 2.39. The zero-order chi connectivity index (χ0) is 16.0. The normalized spacial score (nSPS) is 15.5. The second kappa shape index (κ2) is 5.23. The Bertz CT molecular complexity index is 799. The van der Waals surface area contributed by atoms with Crippen molar-refractivity contribution in [3.63, 3.8) is 0 Å². The number of Topliss-reactive ketones (excluding diaryl/α,β-unsaturated/α-hetero) is 1. The molecule has 22 heavy (non-hydrogen) atoms. The van der Waals surface area contributed by atoms with Crippen LogP contribution in [0.1, 0.15) is 43.1 Å². The average molecular weight is 317 g/mol. The molecule has 5 nitrogen and oxygen atoms in total. The van der Waals surface area contributed by atoms with Gasteiger partial charge in [0.2, 0.25) is 11.6 Å². The number of allylic oxidation sites excluding steroid dienone is 2. The number of thiophene rings is 1. The van der Waals surface area contributed by atoms with Gasteiger partial charge in [-0.15, -0.1) is 11.3 Å². The van der Waals surface area contributed by atoms with Gasteiger partial charge in [-0.3, -0.25) is 9.59 Å². The third kappa shape index (κ3) is 1.95. The fourth-order valence-corrected chi connectivity index (χ4v) is 3.51. The number of ketones is 2. The lowest BCUT2D eigenvalue weighted by molar-refractivity contribution is 0.0910. The smallest absolute Gasteiger partial charge is 0.230 e. The molecule has 3 rings (SSSR count). The van der Waals surface area contributed by atoms with Gasteiger partial charge in [-0.25, -0.2) is 0 Å². The quantitative estimate of drug-likeness (QED) is 0.944. The number of methoxy groups -OCH3 is 1. The molecule has 0 aliphatic heterocycles. The second-order valence-electron chi connectivity index (χ2n) is 5.11. The summed E-state index contributed by atoms with van der Waals surface area (Å²) in [6, 6.07) is 3.64. The van der Waals surface area contributed by atoms with Gasteiger partial charge < -0.3 is 14.4 Å². The molecule has 2 aromatic rings. The number of aliphatic hydroxyl groups is 1. The predicted molar refractivity (Wildman–Crippen MR) is 82.3 cm³/mol. The number of hydrogen-bond donors (Lipinski definition) is 1. The molecule has 1 aliphatic carbocycles. The Hall–Kier alpha value is -2.18. The number of rotatable bonds is 3. The number of aromatic nitrogens is 1. The summed E-state index contributed by atoms with van der Waals surface area (Å²) < 4.78 is 6.67. The first-order chi connectivity index (χ1) is 10.5. The highest BCUT2D eigenvalue weighted by atomic mass is 32.1. The van der Waals surface area contributed by atoms with Crippen LogP contribution in [0.4, 0.5) is 0 Å². The van der Waals surface area contributed by atoms with Gasteiger partial charge in [-0.1, -0.05) is 6.07 Å². The van der Waals surface area contributed by atoms with Crippen molar-refractivity contribution >= 4 is 22.9 Å². The first-order valence-electron chi connectivity index (χ1n) is 6.72. The van der Waals surface area contributed by atoms with Crippen molar-refractivity contribution in [3.05, 3.63) is 56.7 Å². The molecule has 0 bridgehead atoms. The maximum Gasteiger partial charge on any atom is 0.230 e. The molecule has 0 radical (unpaired) electrons. The van der Waals surface area contributed by atoms with Gasteiger partial charge in [0.1, 0.15) is 11.8 Å². The highest BCUT2D eigenvalue weighted by Crippen LogP contribution is 2.37. The number of ether oxygens (including phenoxy) is 1. The maximum absolute atomic E-state index is 12.6. The summed E-state index contributed by atoms with van der Waals surface area (Å²) in [5.74, 6) is -0.657. The van der Waals surface area contributed by atoms with Crippen LogP contribution in [0.25, 0.3) is 0 Å². The van der Waals surface area contributed by atoms with E-state index >= 15 is 0 Å². The van der Waals surface area contributed by atoms with Crippen molar-refractivity contribution in [1.82, 2.24) is 4.57 Å². The van der Waals surface area contributed by atoms with Crippen molar-refractivity contribution < 1.29 is 19.4 Å². The first-order valence-corrected chi connectivity index (χ1v) is 7.60. The van der Waals surface area contributed by atoms with Crippen molar-refractivity contribution in [3.8, 4) is 0 Å². The van der Waals surface area contributed by atoms with Crippen LogP contribution in [0, 0.1) is 6.92 Å². The maximum atomic E-state index is 12.6. The summed E-state index contributed by atoms with van der Waals surface area (Å²) >= 11 is 1.40. The fraction of sp³-hybridized carbons (Fsp3) is 0.250. The summed E-state index contributed by atoms with van der Waals surface area (Å²) in [7, 11) is 3.07. The monoisotopic (exact) mass is 317 g/mol. The molecule has 2 heterocycles. The van der Waals surface area contributed by atoms with E-state index in [0.29, 0.717) is 17.0 Å². The van der Waals surface area contributed by atoms with Gasteiger partial charge >= 0.3 is 0 Å². The summed E-state index contributed by atoms with van der Waals surface area (Å²) in [5.41, 5.74) is 1.71. The molecular weight excluding hydrogens is 302 g/mol. The largest absolute Gasteiger partial charge is 0.492 e. The molecule has 1 unspecified atom stereocenters. The summed E-state index contributed by atoms with van der Waals surface area (Å²) in [4.78, 5) is 25.6. The van der Waals surface area contributed by atoms with E-state index in [4.69, 9.17) is 4.74 Å². The minimum atomic E-state index is -0.942. The number of carbonyl (C=O) groups excluding carboxylic acids is 2. The van der Waals surface area contributed by atoms with Crippen molar-refractivity contribution in [1.29, 1.82) is 0 Å². The third-order valence-corrected chi connectivity index (χ3v) is 4.91. The van der Waals surface area contributed by atoms with Crippen LogP contribution in [0.3, 0.4) is 0 Å². The van der Waals surface area contributed by atoms with E-state index in [1.165, 1.54) is 24.5 Å². The van der Waals surface area contributed by atoms with Crippen LogP contribution in [0.2, 0.25) is 0 Å². The Morgan fingerprint density at radius 2 is 2.09 bits per heavy atom. The van der Waals surface area contributed by atoms with Gasteiger partial charge in [-0.05, 0) is 18.4 Å². The number of nitrogens with zero attached hydrogens (tertiary/aromatic N) is 1.